The largest absolute Gasteiger partial charge is 0.487 e. The Bertz CT molecular complexity index is 934. The Kier molecular flexibility index (Phi) is 6.30. The molecule has 2 saturated carbocycles. The summed E-state index contributed by atoms with van der Waals surface area (Å²) in [6.45, 7) is 14.3. The van der Waals surface area contributed by atoms with E-state index in [4.69, 9.17) is 14.2 Å². The number of hydrogen-bond donors (Lipinski definition) is 0. The van der Waals surface area contributed by atoms with E-state index in [1.807, 2.05) is 6.07 Å². The highest BCUT2D eigenvalue weighted by atomic mass is 16.6. The van der Waals surface area contributed by atoms with Gasteiger partial charge in [-0.1, -0.05) is 54.4 Å². The highest BCUT2D eigenvalue weighted by molar-refractivity contribution is 5.78. The molecule has 2 aliphatic carbocycles. The summed E-state index contributed by atoms with van der Waals surface area (Å²) in [6, 6.07) is 3.63. The lowest BCUT2D eigenvalue weighted by atomic mass is 9.48. The number of carbonyl (C=O) groups excluding carboxylic acids is 2. The topological polar surface area (TPSA) is 61.8 Å². The molecule has 1 aliphatic heterocycles. The normalized spacial score (nSPS) is 32.9. The van der Waals surface area contributed by atoms with Gasteiger partial charge in [-0.25, -0.2) is 0 Å². The van der Waals surface area contributed by atoms with Crippen molar-refractivity contribution in [3.05, 3.63) is 17.7 Å². The molecule has 0 aromatic heterocycles. The summed E-state index contributed by atoms with van der Waals surface area (Å²) in [7, 11) is 0. The molecule has 1 heterocycles. The monoisotopic (exact) mass is 456 g/mol. The highest BCUT2D eigenvalue weighted by Gasteiger charge is 2.58. The summed E-state index contributed by atoms with van der Waals surface area (Å²) in [4.78, 5) is 24.8. The number of ether oxygens (including phenoxy) is 3. The Hall–Kier alpha value is -2.04. The van der Waals surface area contributed by atoms with Gasteiger partial charge in [-0.15, -0.1) is 0 Å². The van der Waals surface area contributed by atoms with Gasteiger partial charge >= 0.3 is 11.9 Å². The van der Waals surface area contributed by atoms with Gasteiger partial charge in [0.25, 0.3) is 0 Å². The van der Waals surface area contributed by atoms with E-state index in [2.05, 4.69) is 20.8 Å². The van der Waals surface area contributed by atoms with Crippen molar-refractivity contribution in [1.82, 2.24) is 0 Å². The highest BCUT2D eigenvalue weighted by Crippen LogP contribution is 2.62. The van der Waals surface area contributed by atoms with Crippen molar-refractivity contribution in [3.63, 3.8) is 0 Å². The molecule has 0 saturated heterocycles. The number of rotatable bonds is 4. The van der Waals surface area contributed by atoms with Crippen LogP contribution in [0.5, 0.6) is 17.2 Å². The maximum absolute atomic E-state index is 12.4. The molecule has 0 radical (unpaired) electrons. The standard InChI is InChI=1S/C28H40O5/c1-16(2)25(29)31-22-13-19-14-24-27(6)11-8-9-18(5)20(27)10-12-28(24,7)33-21(19)15-23(22)32-26(30)17(3)4/h13,15-18,20,24H,8-12,14H2,1-7H3/t18?,20?,24?,27?,28-/m0/s1. The quantitative estimate of drug-likeness (QED) is 0.390. The Morgan fingerprint density at radius 2 is 1.58 bits per heavy atom. The van der Waals surface area contributed by atoms with Crippen molar-refractivity contribution in [2.45, 2.75) is 92.6 Å². The van der Waals surface area contributed by atoms with E-state index in [0.717, 1.165) is 36.0 Å². The second-order valence-electron chi connectivity index (χ2n) is 11.8. The van der Waals surface area contributed by atoms with Crippen LogP contribution in [-0.2, 0) is 16.0 Å². The van der Waals surface area contributed by atoms with Crippen LogP contribution in [0.1, 0.15) is 86.1 Å². The number of fused-ring (bicyclic) bond motifs is 4. The van der Waals surface area contributed by atoms with E-state index in [-0.39, 0.29) is 40.5 Å². The molecule has 5 atom stereocenters. The molecule has 5 nitrogen and oxygen atoms in total. The first-order valence-electron chi connectivity index (χ1n) is 12.7. The fraction of sp³-hybridized carbons (Fsp3) is 0.714. The van der Waals surface area contributed by atoms with Gasteiger partial charge in [0.2, 0.25) is 0 Å². The van der Waals surface area contributed by atoms with Crippen LogP contribution in [0.25, 0.3) is 0 Å². The van der Waals surface area contributed by atoms with E-state index in [0.29, 0.717) is 11.7 Å². The summed E-state index contributed by atoms with van der Waals surface area (Å²) in [5, 5.41) is 0. The van der Waals surface area contributed by atoms with Crippen molar-refractivity contribution in [2.24, 2.45) is 35.0 Å². The Morgan fingerprint density at radius 1 is 0.970 bits per heavy atom. The summed E-state index contributed by atoms with van der Waals surface area (Å²) < 4.78 is 18.1. The third kappa shape index (κ3) is 4.28. The molecule has 0 spiro atoms. The number of benzene rings is 1. The zero-order valence-corrected chi connectivity index (χ0v) is 21.3. The first-order valence-corrected chi connectivity index (χ1v) is 12.7. The van der Waals surface area contributed by atoms with Gasteiger partial charge in [-0.05, 0) is 61.5 Å². The first kappa shape index (κ1) is 24.1. The minimum atomic E-state index is -0.360. The van der Waals surface area contributed by atoms with Crippen molar-refractivity contribution >= 4 is 11.9 Å². The van der Waals surface area contributed by atoms with Gasteiger partial charge in [0.1, 0.15) is 11.4 Å². The molecule has 1 aromatic rings. The van der Waals surface area contributed by atoms with Gasteiger partial charge in [-0.2, -0.15) is 0 Å². The van der Waals surface area contributed by atoms with Gasteiger partial charge in [0.05, 0.1) is 11.8 Å². The molecule has 182 valence electrons. The molecule has 4 unspecified atom stereocenters. The third-order valence-electron chi connectivity index (χ3n) is 8.65. The van der Waals surface area contributed by atoms with E-state index < -0.39 is 0 Å². The SMILES string of the molecule is CC(C)C(=O)Oc1cc2c(cc1OC(=O)C(C)C)O[C@@]1(C)CCC3C(C)CCCC3(C)C1C2. The summed E-state index contributed by atoms with van der Waals surface area (Å²) >= 11 is 0. The van der Waals surface area contributed by atoms with Crippen molar-refractivity contribution in [1.29, 1.82) is 0 Å². The van der Waals surface area contributed by atoms with Crippen molar-refractivity contribution in [2.75, 3.05) is 0 Å². The Balaban J connectivity index is 1.73. The lowest BCUT2D eigenvalue weighted by Gasteiger charge is -2.60. The van der Waals surface area contributed by atoms with Crippen molar-refractivity contribution in [3.8, 4) is 17.2 Å². The number of carbonyl (C=O) groups is 2. The minimum Gasteiger partial charge on any atom is -0.487 e. The predicted octanol–water partition coefficient (Wildman–Crippen LogP) is 6.36. The maximum Gasteiger partial charge on any atom is 0.313 e. The smallest absolute Gasteiger partial charge is 0.313 e. The average Bonchev–Trinajstić information content (AvgIpc) is 2.72. The van der Waals surface area contributed by atoms with Crippen LogP contribution in [0.15, 0.2) is 12.1 Å². The average molecular weight is 457 g/mol. The van der Waals surface area contributed by atoms with Crippen LogP contribution in [0, 0.1) is 35.0 Å². The zero-order chi connectivity index (χ0) is 24.1. The van der Waals surface area contributed by atoms with Gasteiger partial charge in [0.15, 0.2) is 11.5 Å². The fourth-order valence-corrected chi connectivity index (χ4v) is 6.69. The molecule has 0 N–H and O–H groups in total. The molecule has 3 aliphatic rings. The second kappa shape index (κ2) is 8.63. The van der Waals surface area contributed by atoms with Crippen molar-refractivity contribution < 1.29 is 23.8 Å². The zero-order valence-electron chi connectivity index (χ0n) is 21.3. The molecule has 2 fully saturated rings. The van der Waals surface area contributed by atoms with Crippen LogP contribution in [-0.4, -0.2) is 17.5 Å². The van der Waals surface area contributed by atoms with Crippen LogP contribution >= 0.6 is 0 Å². The third-order valence-corrected chi connectivity index (χ3v) is 8.65. The molecule has 0 amide bonds. The second-order valence-corrected chi connectivity index (χ2v) is 11.8. The fourth-order valence-electron chi connectivity index (χ4n) is 6.69. The predicted molar refractivity (Wildman–Crippen MR) is 127 cm³/mol. The molecule has 5 heteroatoms. The first-order chi connectivity index (χ1) is 15.4. The summed E-state index contributed by atoms with van der Waals surface area (Å²) in [5.74, 6) is 1.90. The van der Waals surface area contributed by atoms with Crippen LogP contribution in [0.4, 0.5) is 0 Å². The van der Waals surface area contributed by atoms with Gasteiger partial charge in [-0.3, -0.25) is 9.59 Å². The Morgan fingerprint density at radius 3 is 2.18 bits per heavy atom. The lowest BCUT2D eigenvalue weighted by Crippen LogP contribution is -2.59. The molecule has 4 rings (SSSR count). The van der Waals surface area contributed by atoms with E-state index in [9.17, 15) is 9.59 Å². The van der Waals surface area contributed by atoms with Gasteiger partial charge in [0, 0.05) is 12.0 Å². The van der Waals surface area contributed by atoms with E-state index in [1.54, 1.807) is 33.8 Å². The minimum absolute atomic E-state index is 0.236. The molecule has 0 bridgehead atoms. The van der Waals surface area contributed by atoms with Crippen LogP contribution < -0.4 is 14.2 Å². The van der Waals surface area contributed by atoms with Gasteiger partial charge < -0.3 is 14.2 Å². The molecular weight excluding hydrogens is 416 g/mol. The summed E-state index contributed by atoms with van der Waals surface area (Å²) in [6.07, 6.45) is 6.94. The molecule has 33 heavy (non-hydrogen) atoms. The van der Waals surface area contributed by atoms with E-state index >= 15 is 0 Å². The lowest BCUT2D eigenvalue weighted by molar-refractivity contribution is -0.144. The Labute approximate surface area is 198 Å². The molecule has 1 aromatic carbocycles. The summed E-state index contributed by atoms with van der Waals surface area (Å²) in [5.41, 5.74) is 1.03. The van der Waals surface area contributed by atoms with Crippen LogP contribution in [0.3, 0.4) is 0 Å². The van der Waals surface area contributed by atoms with Crippen LogP contribution in [0.2, 0.25) is 0 Å². The number of esters is 2. The maximum atomic E-state index is 12.4. The molecular formula is C28H40O5. The number of hydrogen-bond acceptors (Lipinski definition) is 5. The van der Waals surface area contributed by atoms with E-state index in [1.165, 1.54) is 25.7 Å².